The van der Waals surface area contributed by atoms with Gasteiger partial charge in [-0.2, -0.15) is 0 Å². The third kappa shape index (κ3) is 3.41. The van der Waals surface area contributed by atoms with Gasteiger partial charge in [0, 0.05) is 18.6 Å². The van der Waals surface area contributed by atoms with Gasteiger partial charge in [-0.05, 0) is 26.3 Å². The van der Waals surface area contributed by atoms with E-state index in [1.54, 1.807) is 20.8 Å². The van der Waals surface area contributed by atoms with Crippen molar-refractivity contribution in [1.82, 2.24) is 0 Å². The van der Waals surface area contributed by atoms with Gasteiger partial charge in [0.25, 0.3) is 5.69 Å². The number of anilines is 1. The normalized spacial score (nSPS) is 16.7. The largest absolute Gasteiger partial charge is 0.467 e. The lowest BCUT2D eigenvalue weighted by Crippen LogP contribution is -2.45. The summed E-state index contributed by atoms with van der Waals surface area (Å²) in [6, 6.07) is 3.24. The molecule has 0 aliphatic carbocycles. The zero-order valence-electron chi connectivity index (χ0n) is 13.4. The van der Waals surface area contributed by atoms with E-state index in [4.69, 9.17) is 9.47 Å². The second-order valence-electron chi connectivity index (χ2n) is 6.16. The molecule has 0 bridgehead atoms. The molecular weight excluding hydrogens is 304 g/mol. The number of hydrogen-bond donors (Lipinski definition) is 0. The maximum Gasteiger partial charge on any atom is 0.415 e. The molecular formula is C15H18N2O6. The van der Waals surface area contributed by atoms with E-state index in [2.05, 4.69) is 0 Å². The smallest absolute Gasteiger partial charge is 0.415 e. The van der Waals surface area contributed by atoms with E-state index in [0.717, 1.165) is 4.90 Å². The van der Waals surface area contributed by atoms with Gasteiger partial charge in [0.1, 0.15) is 11.6 Å². The van der Waals surface area contributed by atoms with Crippen molar-refractivity contribution in [2.45, 2.75) is 38.8 Å². The van der Waals surface area contributed by atoms with Gasteiger partial charge in [-0.15, -0.1) is 0 Å². The van der Waals surface area contributed by atoms with E-state index >= 15 is 0 Å². The molecule has 2 rings (SSSR count). The number of nitro benzene ring substituents is 1. The summed E-state index contributed by atoms with van der Waals surface area (Å²) in [6.07, 6.45) is -0.522. The fraction of sp³-hybridized carbons (Fsp3) is 0.467. The molecule has 1 unspecified atom stereocenters. The van der Waals surface area contributed by atoms with Crippen LogP contribution in [0.15, 0.2) is 18.2 Å². The molecule has 0 N–H and O–H groups in total. The first kappa shape index (κ1) is 16.7. The number of carbonyl (C=O) groups is 2. The maximum atomic E-state index is 12.5. The highest BCUT2D eigenvalue weighted by molar-refractivity contribution is 5.99. The molecule has 1 aliphatic rings. The second-order valence-corrected chi connectivity index (χ2v) is 6.16. The van der Waals surface area contributed by atoms with Crippen LogP contribution in [0.4, 0.5) is 16.2 Å². The van der Waals surface area contributed by atoms with E-state index in [1.807, 2.05) is 0 Å². The second kappa shape index (κ2) is 5.86. The number of non-ortho nitro benzene ring substituents is 1. The summed E-state index contributed by atoms with van der Waals surface area (Å²) < 4.78 is 10.0. The summed E-state index contributed by atoms with van der Waals surface area (Å²) in [6.45, 7) is 5.09. The van der Waals surface area contributed by atoms with Crippen molar-refractivity contribution >= 4 is 23.4 Å². The molecule has 23 heavy (non-hydrogen) atoms. The number of fused-ring (bicyclic) bond motifs is 1. The van der Waals surface area contributed by atoms with Crippen LogP contribution in [0.5, 0.6) is 0 Å². The Balaban J connectivity index is 2.46. The van der Waals surface area contributed by atoms with Crippen molar-refractivity contribution in [2.24, 2.45) is 0 Å². The average molecular weight is 322 g/mol. The highest BCUT2D eigenvalue weighted by Crippen LogP contribution is 2.36. The minimum Gasteiger partial charge on any atom is -0.467 e. The average Bonchev–Trinajstić information content (AvgIpc) is 2.82. The number of nitrogens with zero attached hydrogens (tertiary/aromatic N) is 2. The number of hydrogen-bond acceptors (Lipinski definition) is 6. The molecule has 1 aromatic carbocycles. The summed E-state index contributed by atoms with van der Waals surface area (Å²) in [5, 5.41) is 11.0. The van der Waals surface area contributed by atoms with Gasteiger partial charge in [-0.1, -0.05) is 6.07 Å². The Kier molecular flexibility index (Phi) is 4.26. The Bertz CT molecular complexity index is 664. The van der Waals surface area contributed by atoms with Crippen molar-refractivity contribution in [3.8, 4) is 0 Å². The van der Waals surface area contributed by atoms with Crippen LogP contribution in [-0.2, 0) is 20.7 Å². The topological polar surface area (TPSA) is 99.0 Å². The fourth-order valence-electron chi connectivity index (χ4n) is 2.39. The van der Waals surface area contributed by atoms with Crippen LogP contribution < -0.4 is 4.90 Å². The molecule has 0 saturated heterocycles. The Morgan fingerprint density at radius 1 is 1.35 bits per heavy atom. The lowest BCUT2D eigenvalue weighted by Gasteiger charge is -2.27. The molecule has 1 atom stereocenters. The zero-order valence-corrected chi connectivity index (χ0v) is 13.4. The minimum atomic E-state index is -0.896. The van der Waals surface area contributed by atoms with Gasteiger partial charge in [-0.25, -0.2) is 9.59 Å². The molecule has 0 aromatic heterocycles. The van der Waals surface area contributed by atoms with Gasteiger partial charge in [0.15, 0.2) is 0 Å². The minimum absolute atomic E-state index is 0.164. The summed E-state index contributed by atoms with van der Waals surface area (Å²) in [7, 11) is 1.22. The van der Waals surface area contributed by atoms with E-state index < -0.39 is 28.6 Å². The van der Waals surface area contributed by atoms with Crippen molar-refractivity contribution in [1.29, 1.82) is 0 Å². The molecule has 8 heteroatoms. The Morgan fingerprint density at radius 3 is 2.52 bits per heavy atom. The van der Waals surface area contributed by atoms with Gasteiger partial charge in [0.2, 0.25) is 0 Å². The third-order valence-electron chi connectivity index (χ3n) is 3.33. The Hall–Kier alpha value is -2.64. The van der Waals surface area contributed by atoms with Crippen LogP contribution in [0.25, 0.3) is 0 Å². The Labute approximate surface area is 133 Å². The van der Waals surface area contributed by atoms with Crippen LogP contribution in [0.1, 0.15) is 26.3 Å². The first-order valence-corrected chi connectivity index (χ1v) is 7.01. The SMILES string of the molecule is COC(=O)C1Cc2ccc([N+](=O)[O-])cc2N1C(=O)OC(C)(C)C. The number of benzene rings is 1. The van der Waals surface area contributed by atoms with Crippen LogP contribution in [0.2, 0.25) is 0 Å². The molecule has 1 amide bonds. The maximum absolute atomic E-state index is 12.5. The molecule has 1 aliphatic heterocycles. The van der Waals surface area contributed by atoms with Gasteiger partial charge < -0.3 is 9.47 Å². The summed E-state index contributed by atoms with van der Waals surface area (Å²) in [5.41, 5.74) is 0.0184. The molecule has 0 radical (unpaired) electrons. The predicted molar refractivity (Wildman–Crippen MR) is 81.3 cm³/mol. The molecule has 0 fully saturated rings. The van der Waals surface area contributed by atoms with Crippen molar-refractivity contribution in [3.63, 3.8) is 0 Å². The number of methoxy groups -OCH3 is 1. The molecule has 1 aromatic rings. The number of amides is 1. The standard InChI is InChI=1S/C15H18N2O6/c1-15(2,3)23-14(19)16-11-8-10(17(20)21)6-5-9(11)7-12(16)13(18)22-4/h5-6,8,12H,7H2,1-4H3. The molecule has 0 spiro atoms. The van der Waals surface area contributed by atoms with Gasteiger partial charge in [0.05, 0.1) is 17.7 Å². The molecule has 0 saturated carbocycles. The van der Waals surface area contributed by atoms with E-state index in [9.17, 15) is 19.7 Å². The summed E-state index contributed by atoms with van der Waals surface area (Å²) in [5.74, 6) is -0.602. The highest BCUT2D eigenvalue weighted by Gasteiger charge is 2.42. The van der Waals surface area contributed by atoms with Crippen molar-refractivity contribution < 1.29 is 24.0 Å². The monoisotopic (exact) mass is 322 g/mol. The summed E-state index contributed by atoms with van der Waals surface area (Å²) in [4.78, 5) is 36.0. The van der Waals surface area contributed by atoms with Crippen LogP contribution in [0.3, 0.4) is 0 Å². The lowest BCUT2D eigenvalue weighted by molar-refractivity contribution is -0.384. The molecule has 8 nitrogen and oxygen atoms in total. The highest BCUT2D eigenvalue weighted by atomic mass is 16.6. The van der Waals surface area contributed by atoms with Gasteiger partial charge in [-0.3, -0.25) is 15.0 Å². The number of esters is 1. The van der Waals surface area contributed by atoms with Crippen LogP contribution >= 0.6 is 0 Å². The molecule has 124 valence electrons. The number of ether oxygens (including phenoxy) is 2. The van der Waals surface area contributed by atoms with E-state index in [-0.39, 0.29) is 12.1 Å². The lowest BCUT2D eigenvalue weighted by atomic mass is 10.1. The zero-order chi connectivity index (χ0) is 17.4. The number of rotatable bonds is 2. The fourth-order valence-corrected chi connectivity index (χ4v) is 2.39. The van der Waals surface area contributed by atoms with Crippen LogP contribution in [-0.4, -0.2) is 35.7 Å². The van der Waals surface area contributed by atoms with Crippen molar-refractivity contribution in [3.05, 3.63) is 33.9 Å². The first-order valence-electron chi connectivity index (χ1n) is 7.01. The third-order valence-corrected chi connectivity index (χ3v) is 3.33. The Morgan fingerprint density at radius 2 is 2.00 bits per heavy atom. The number of carbonyl (C=O) groups excluding carboxylic acids is 2. The molecule has 1 heterocycles. The number of nitro groups is 1. The van der Waals surface area contributed by atoms with Crippen LogP contribution in [0, 0.1) is 10.1 Å². The van der Waals surface area contributed by atoms with E-state index in [0.29, 0.717) is 11.3 Å². The van der Waals surface area contributed by atoms with Crippen molar-refractivity contribution in [2.75, 3.05) is 12.0 Å². The summed E-state index contributed by atoms with van der Waals surface area (Å²) >= 11 is 0. The quantitative estimate of drug-likeness (QED) is 0.471. The van der Waals surface area contributed by atoms with Gasteiger partial charge >= 0.3 is 12.1 Å². The van der Waals surface area contributed by atoms with E-state index in [1.165, 1.54) is 25.3 Å². The predicted octanol–water partition coefficient (Wildman–Crippen LogP) is 2.43. The first-order chi connectivity index (χ1) is 10.6.